The second-order valence-corrected chi connectivity index (χ2v) is 9.69. The zero-order chi connectivity index (χ0) is 22.9. The Morgan fingerprint density at radius 2 is 1.97 bits per heavy atom. The summed E-state index contributed by atoms with van der Waals surface area (Å²) in [6.07, 6.45) is 7.05. The van der Waals surface area contributed by atoms with Crippen LogP contribution in [0.15, 0.2) is 36.5 Å². The Balaban J connectivity index is 1.62. The van der Waals surface area contributed by atoms with E-state index in [9.17, 15) is 13.6 Å². The summed E-state index contributed by atoms with van der Waals surface area (Å²) in [5, 5.41) is 4.09. The molecule has 3 heterocycles. The number of aromatic nitrogens is 1. The molecular formula is C25H27F2N3O2S. The van der Waals surface area contributed by atoms with Gasteiger partial charge in [0.1, 0.15) is 22.7 Å². The van der Waals surface area contributed by atoms with Crippen molar-refractivity contribution >= 4 is 17.4 Å². The third-order valence-electron chi connectivity index (χ3n) is 6.44. The van der Waals surface area contributed by atoms with Crippen molar-refractivity contribution in [1.29, 1.82) is 0 Å². The molecular weight excluding hydrogens is 444 g/mol. The normalized spacial score (nSPS) is 17.2. The van der Waals surface area contributed by atoms with E-state index in [-0.39, 0.29) is 6.03 Å². The van der Waals surface area contributed by atoms with Crippen LogP contribution in [0.3, 0.4) is 0 Å². The number of ether oxygens (including phenoxy) is 1. The molecule has 1 aromatic carbocycles. The smallest absolute Gasteiger partial charge is 0.318 e. The van der Waals surface area contributed by atoms with Gasteiger partial charge in [-0.05, 0) is 67.5 Å². The quantitative estimate of drug-likeness (QED) is 0.510. The van der Waals surface area contributed by atoms with Crippen LogP contribution in [-0.2, 0) is 24.1 Å². The molecule has 2 aromatic heterocycles. The van der Waals surface area contributed by atoms with Gasteiger partial charge in [-0.1, -0.05) is 0 Å². The van der Waals surface area contributed by atoms with Crippen LogP contribution in [0.2, 0.25) is 0 Å². The number of methoxy groups -OCH3 is 1. The van der Waals surface area contributed by atoms with E-state index in [2.05, 4.69) is 9.88 Å². The Bertz CT molecular complexity index is 1150. The highest BCUT2D eigenvalue weighted by atomic mass is 32.1. The zero-order valence-electron chi connectivity index (χ0n) is 18.6. The molecule has 0 saturated heterocycles. The van der Waals surface area contributed by atoms with Crippen LogP contribution in [-0.4, -0.2) is 35.8 Å². The average molecular weight is 472 g/mol. The number of benzene rings is 1. The molecule has 0 fully saturated rings. The Morgan fingerprint density at radius 1 is 1.18 bits per heavy atom. The summed E-state index contributed by atoms with van der Waals surface area (Å²) < 4.78 is 35.7. The Kier molecular flexibility index (Phi) is 6.21. The molecule has 5 rings (SSSR count). The fraction of sp³-hybridized carbons (Fsp3) is 0.400. The predicted molar refractivity (Wildman–Crippen MR) is 124 cm³/mol. The van der Waals surface area contributed by atoms with E-state index in [1.165, 1.54) is 29.0 Å². The number of hydrogen-bond donors (Lipinski definition) is 1. The van der Waals surface area contributed by atoms with Crippen molar-refractivity contribution in [2.24, 2.45) is 0 Å². The molecule has 1 aliphatic carbocycles. The largest absolute Gasteiger partial charge is 0.385 e. The van der Waals surface area contributed by atoms with Crippen molar-refractivity contribution in [3.63, 3.8) is 0 Å². The molecule has 1 aliphatic heterocycles. The van der Waals surface area contributed by atoms with E-state index in [0.29, 0.717) is 31.7 Å². The number of amides is 2. The Labute approximate surface area is 196 Å². The first-order valence-electron chi connectivity index (χ1n) is 11.4. The third-order valence-corrected chi connectivity index (χ3v) is 7.78. The number of aryl methyl sites for hydroxylation is 1. The SMILES string of the molecule is COCCCNC(=O)N1Cc2c(sc3c2CCCC3)-n2cccc2[C@@H]1c1cc(F)cc(F)c1. The maximum Gasteiger partial charge on any atom is 0.318 e. The van der Waals surface area contributed by atoms with Gasteiger partial charge < -0.3 is 19.5 Å². The fourth-order valence-electron chi connectivity index (χ4n) is 4.98. The maximum absolute atomic E-state index is 14.3. The van der Waals surface area contributed by atoms with Crippen molar-refractivity contribution in [3.8, 4) is 5.00 Å². The predicted octanol–water partition coefficient (Wildman–Crippen LogP) is 5.35. The first-order valence-corrected chi connectivity index (χ1v) is 12.2. The Morgan fingerprint density at radius 3 is 2.76 bits per heavy atom. The standard InChI is InChI=1S/C25H27F2N3O2S/c1-32-11-5-9-28-25(31)30-15-20-19-6-2-3-8-22(19)33-24(20)29-10-4-7-21(29)23(30)16-12-17(26)14-18(27)13-16/h4,7,10,12-14,23H,2-3,5-6,8-9,11,15H2,1H3,(H,28,31)/t23-/m0/s1. The van der Waals surface area contributed by atoms with Crippen molar-refractivity contribution < 1.29 is 18.3 Å². The van der Waals surface area contributed by atoms with Crippen molar-refractivity contribution in [3.05, 3.63) is 75.4 Å². The van der Waals surface area contributed by atoms with Gasteiger partial charge in [-0.2, -0.15) is 0 Å². The summed E-state index contributed by atoms with van der Waals surface area (Å²) in [6.45, 7) is 1.40. The van der Waals surface area contributed by atoms with Gasteiger partial charge in [0.2, 0.25) is 0 Å². The van der Waals surface area contributed by atoms with Gasteiger partial charge in [0.15, 0.2) is 0 Å². The van der Waals surface area contributed by atoms with Gasteiger partial charge in [0.25, 0.3) is 0 Å². The number of rotatable bonds is 5. The van der Waals surface area contributed by atoms with Crippen LogP contribution in [0, 0.1) is 11.6 Å². The second kappa shape index (κ2) is 9.27. The lowest BCUT2D eigenvalue weighted by Gasteiger charge is -2.31. The lowest BCUT2D eigenvalue weighted by molar-refractivity contribution is 0.174. The molecule has 0 spiro atoms. The van der Waals surface area contributed by atoms with Gasteiger partial charge in [-0.15, -0.1) is 11.3 Å². The maximum atomic E-state index is 14.3. The zero-order valence-corrected chi connectivity index (χ0v) is 19.4. The van der Waals surface area contributed by atoms with Crippen molar-refractivity contribution in [2.75, 3.05) is 20.3 Å². The highest BCUT2D eigenvalue weighted by Crippen LogP contribution is 2.44. The second-order valence-electron chi connectivity index (χ2n) is 8.61. The minimum Gasteiger partial charge on any atom is -0.385 e. The topological polar surface area (TPSA) is 46.5 Å². The van der Waals surface area contributed by atoms with E-state index in [1.807, 2.05) is 18.3 Å². The molecule has 174 valence electrons. The van der Waals surface area contributed by atoms with E-state index in [1.54, 1.807) is 23.3 Å². The molecule has 1 N–H and O–H groups in total. The number of fused-ring (bicyclic) bond motifs is 5. The molecule has 0 saturated carbocycles. The lowest BCUT2D eigenvalue weighted by Crippen LogP contribution is -2.42. The van der Waals surface area contributed by atoms with Crippen LogP contribution in [0.1, 0.15) is 52.6 Å². The first kappa shape index (κ1) is 22.1. The van der Waals surface area contributed by atoms with Gasteiger partial charge in [-0.3, -0.25) is 0 Å². The number of hydrogen-bond acceptors (Lipinski definition) is 3. The van der Waals surface area contributed by atoms with Gasteiger partial charge in [0.05, 0.1) is 12.2 Å². The third kappa shape index (κ3) is 4.17. The molecule has 3 aromatic rings. The van der Waals surface area contributed by atoms with E-state index < -0.39 is 17.7 Å². The molecule has 8 heteroatoms. The summed E-state index contributed by atoms with van der Waals surface area (Å²) in [4.78, 5) is 16.6. The summed E-state index contributed by atoms with van der Waals surface area (Å²) in [5.74, 6) is -1.31. The number of halogens is 2. The highest BCUT2D eigenvalue weighted by Gasteiger charge is 2.36. The molecule has 33 heavy (non-hydrogen) atoms. The van der Waals surface area contributed by atoms with Gasteiger partial charge in [0, 0.05) is 43.0 Å². The summed E-state index contributed by atoms with van der Waals surface area (Å²) in [6, 6.07) is 6.51. The van der Waals surface area contributed by atoms with Crippen LogP contribution in [0.25, 0.3) is 5.00 Å². The van der Waals surface area contributed by atoms with E-state index >= 15 is 0 Å². The average Bonchev–Trinajstić information content (AvgIpc) is 3.37. The minimum absolute atomic E-state index is 0.253. The lowest BCUT2D eigenvalue weighted by atomic mass is 9.95. The monoisotopic (exact) mass is 471 g/mol. The Hall–Kier alpha value is -2.71. The molecule has 1 atom stereocenters. The molecule has 2 amide bonds. The number of nitrogens with one attached hydrogen (secondary N) is 1. The molecule has 0 radical (unpaired) electrons. The number of urea groups is 1. The summed E-state index contributed by atoms with van der Waals surface area (Å²) >= 11 is 1.78. The van der Waals surface area contributed by atoms with Crippen LogP contribution in [0.4, 0.5) is 13.6 Å². The first-order chi connectivity index (χ1) is 16.1. The van der Waals surface area contributed by atoms with Crippen LogP contribution < -0.4 is 5.32 Å². The summed E-state index contributed by atoms with van der Waals surface area (Å²) in [7, 11) is 1.63. The van der Waals surface area contributed by atoms with Crippen molar-refractivity contribution in [1.82, 2.24) is 14.8 Å². The van der Waals surface area contributed by atoms with E-state index in [0.717, 1.165) is 41.6 Å². The molecule has 5 nitrogen and oxygen atoms in total. The highest BCUT2D eigenvalue weighted by molar-refractivity contribution is 7.15. The van der Waals surface area contributed by atoms with Crippen LogP contribution in [0.5, 0.6) is 0 Å². The minimum atomic E-state index is -0.653. The van der Waals surface area contributed by atoms with Crippen LogP contribution >= 0.6 is 11.3 Å². The van der Waals surface area contributed by atoms with Gasteiger partial charge >= 0.3 is 6.03 Å². The summed E-state index contributed by atoms with van der Waals surface area (Å²) in [5.41, 5.74) is 3.73. The van der Waals surface area contributed by atoms with Gasteiger partial charge in [-0.25, -0.2) is 13.6 Å². The number of carbonyl (C=O) groups is 1. The fourth-order valence-corrected chi connectivity index (χ4v) is 6.39. The number of nitrogens with zero attached hydrogens (tertiary/aromatic N) is 2. The number of thiophene rings is 1. The molecule has 0 bridgehead atoms. The van der Waals surface area contributed by atoms with Crippen molar-refractivity contribution in [2.45, 2.75) is 44.7 Å². The molecule has 2 aliphatic rings. The number of carbonyl (C=O) groups excluding carboxylic acids is 1. The molecule has 0 unspecified atom stereocenters. The van der Waals surface area contributed by atoms with E-state index in [4.69, 9.17) is 4.74 Å².